The molecule has 0 saturated carbocycles. The highest BCUT2D eigenvalue weighted by Crippen LogP contribution is 2.37. The first-order valence-corrected chi connectivity index (χ1v) is 15.7. The lowest BCUT2D eigenvalue weighted by atomic mass is 10.2. The van der Waals surface area contributed by atoms with E-state index in [0.717, 1.165) is 5.56 Å². The van der Waals surface area contributed by atoms with Crippen molar-refractivity contribution in [2.45, 2.75) is 49.7 Å². The molecule has 4 heterocycles. The Labute approximate surface area is 267 Å². The van der Waals surface area contributed by atoms with Crippen molar-refractivity contribution in [3.05, 3.63) is 64.4 Å². The van der Waals surface area contributed by atoms with E-state index in [1.807, 2.05) is 25.1 Å². The van der Waals surface area contributed by atoms with Gasteiger partial charge in [-0.3, -0.25) is 19.0 Å². The average Bonchev–Trinajstić information content (AvgIpc) is 3.83. The Balaban J connectivity index is 1.07. The Morgan fingerprint density at radius 2 is 1.52 bits per heavy atom. The van der Waals surface area contributed by atoms with Crippen LogP contribution >= 0.6 is 11.8 Å². The van der Waals surface area contributed by atoms with Gasteiger partial charge in [0, 0.05) is 37.3 Å². The van der Waals surface area contributed by atoms with Gasteiger partial charge in [-0.25, -0.2) is 4.98 Å². The number of fused-ring (bicyclic) bond motifs is 4. The van der Waals surface area contributed by atoms with Gasteiger partial charge in [0.05, 0.1) is 16.2 Å². The van der Waals surface area contributed by atoms with Crippen LogP contribution in [0.3, 0.4) is 0 Å². The summed E-state index contributed by atoms with van der Waals surface area (Å²) in [5.41, 5.74) is 1.59. The predicted octanol–water partition coefficient (Wildman–Crippen LogP) is 4.19. The Morgan fingerprint density at radius 1 is 0.870 bits per heavy atom. The number of nitrogens with zero attached hydrogens (tertiary/aromatic N) is 2. The van der Waals surface area contributed by atoms with Crippen molar-refractivity contribution in [3.63, 3.8) is 0 Å². The predicted molar refractivity (Wildman–Crippen MR) is 167 cm³/mol. The number of thioether (sulfide) groups is 1. The van der Waals surface area contributed by atoms with Crippen molar-refractivity contribution >= 4 is 40.2 Å². The number of amides is 2. The van der Waals surface area contributed by atoms with Crippen molar-refractivity contribution in [1.82, 2.24) is 14.9 Å². The van der Waals surface area contributed by atoms with Gasteiger partial charge in [-0.05, 0) is 48.7 Å². The Morgan fingerprint density at radius 3 is 2.26 bits per heavy atom. The van der Waals surface area contributed by atoms with Crippen molar-refractivity contribution in [3.8, 4) is 34.5 Å². The second-order valence-electron chi connectivity index (χ2n) is 10.7. The third-order valence-corrected chi connectivity index (χ3v) is 9.03. The van der Waals surface area contributed by atoms with Crippen LogP contribution in [-0.4, -0.2) is 47.0 Å². The average molecular weight is 647 g/mol. The molecular formula is C32H30N4O9S. The molecule has 0 bridgehead atoms. The van der Waals surface area contributed by atoms with E-state index in [4.69, 9.17) is 33.4 Å². The molecule has 46 heavy (non-hydrogen) atoms. The molecule has 3 aromatic carbocycles. The third kappa shape index (κ3) is 6.07. The Kier molecular flexibility index (Phi) is 8.18. The number of benzene rings is 3. The molecule has 0 unspecified atom stereocenters. The number of carbonyl (C=O) groups is 2. The van der Waals surface area contributed by atoms with Gasteiger partial charge in [-0.15, -0.1) is 0 Å². The molecule has 0 aliphatic carbocycles. The number of aromatic nitrogens is 2. The first kappa shape index (κ1) is 29.6. The zero-order chi connectivity index (χ0) is 31.6. The number of hydrogen-bond acceptors (Lipinski definition) is 11. The second-order valence-corrected chi connectivity index (χ2v) is 11.9. The van der Waals surface area contributed by atoms with E-state index in [2.05, 4.69) is 10.6 Å². The molecule has 4 aromatic rings. The van der Waals surface area contributed by atoms with E-state index >= 15 is 0 Å². The quantitative estimate of drug-likeness (QED) is 0.179. The first-order valence-electron chi connectivity index (χ1n) is 14.8. The SMILES string of the molecule is CC[C@H](Sc1nc2cc3c(cc2c(=O)n1CCCC(=O)NCc1ccc2c(c1)OCO2)OCO3)C(=O)Nc1ccc2c(c1)OCO2. The zero-order valence-corrected chi connectivity index (χ0v) is 25.6. The van der Waals surface area contributed by atoms with Crippen LogP contribution in [0, 0.1) is 0 Å². The summed E-state index contributed by atoms with van der Waals surface area (Å²) in [5.74, 6) is 3.06. The molecule has 2 N–H and O–H groups in total. The summed E-state index contributed by atoms with van der Waals surface area (Å²) in [4.78, 5) is 44.7. The van der Waals surface area contributed by atoms with Crippen LogP contribution in [0.1, 0.15) is 31.7 Å². The maximum absolute atomic E-state index is 13.8. The molecule has 0 spiro atoms. The summed E-state index contributed by atoms with van der Waals surface area (Å²) in [5, 5.41) is 6.00. The lowest BCUT2D eigenvalue weighted by Crippen LogP contribution is -2.29. The van der Waals surface area contributed by atoms with E-state index in [0.29, 0.717) is 75.6 Å². The molecule has 1 aromatic heterocycles. The van der Waals surface area contributed by atoms with E-state index in [1.54, 1.807) is 30.3 Å². The fourth-order valence-corrected chi connectivity index (χ4v) is 6.30. The van der Waals surface area contributed by atoms with Crippen molar-refractivity contribution in [2.24, 2.45) is 0 Å². The minimum Gasteiger partial charge on any atom is -0.454 e. The molecule has 3 aliphatic rings. The van der Waals surface area contributed by atoms with Gasteiger partial charge in [0.1, 0.15) is 0 Å². The van der Waals surface area contributed by atoms with E-state index in [9.17, 15) is 14.4 Å². The first-order chi connectivity index (χ1) is 22.4. The summed E-state index contributed by atoms with van der Waals surface area (Å²) >= 11 is 1.20. The molecular weight excluding hydrogens is 616 g/mol. The minimum atomic E-state index is -0.569. The lowest BCUT2D eigenvalue weighted by Gasteiger charge is -2.18. The molecule has 3 aliphatic heterocycles. The van der Waals surface area contributed by atoms with Crippen LogP contribution in [0.25, 0.3) is 10.9 Å². The summed E-state index contributed by atoms with van der Waals surface area (Å²) < 4.78 is 34.1. The summed E-state index contributed by atoms with van der Waals surface area (Å²) in [6.07, 6.45) is 1.03. The zero-order valence-electron chi connectivity index (χ0n) is 24.8. The maximum Gasteiger partial charge on any atom is 0.262 e. The molecule has 14 heteroatoms. The molecule has 7 rings (SSSR count). The monoisotopic (exact) mass is 646 g/mol. The maximum atomic E-state index is 13.8. The molecule has 2 amide bonds. The third-order valence-electron chi connectivity index (χ3n) is 7.68. The van der Waals surface area contributed by atoms with Crippen LogP contribution in [0.2, 0.25) is 0 Å². The van der Waals surface area contributed by atoms with Gasteiger partial charge in [-0.1, -0.05) is 24.8 Å². The minimum absolute atomic E-state index is 0.0563. The topological polar surface area (TPSA) is 148 Å². The van der Waals surface area contributed by atoms with Gasteiger partial charge in [0.15, 0.2) is 39.7 Å². The van der Waals surface area contributed by atoms with E-state index in [-0.39, 0.29) is 50.7 Å². The van der Waals surface area contributed by atoms with Gasteiger partial charge >= 0.3 is 0 Å². The van der Waals surface area contributed by atoms with Crippen molar-refractivity contribution in [2.75, 3.05) is 25.7 Å². The lowest BCUT2D eigenvalue weighted by molar-refractivity contribution is -0.121. The van der Waals surface area contributed by atoms with Crippen LogP contribution in [0.4, 0.5) is 5.69 Å². The normalized spacial score (nSPS) is 14.4. The number of rotatable bonds is 11. The molecule has 1 atom stereocenters. The summed E-state index contributed by atoms with van der Waals surface area (Å²) in [6, 6.07) is 14.0. The highest BCUT2D eigenvalue weighted by Gasteiger charge is 2.25. The molecule has 0 radical (unpaired) electrons. The summed E-state index contributed by atoms with van der Waals surface area (Å²) in [6.45, 7) is 2.81. The van der Waals surface area contributed by atoms with Gasteiger partial charge in [0.25, 0.3) is 5.56 Å². The highest BCUT2D eigenvalue weighted by molar-refractivity contribution is 8.00. The molecule has 0 saturated heterocycles. The number of hydrogen-bond donors (Lipinski definition) is 2. The standard InChI is InChI=1S/C32H30N4O9S/c1-2-28(30(38)34-19-6-8-23-25(11-19)43-16-41-23)46-32-35-21-13-27-26(44-17-45-27)12-20(21)31(39)36(32)9-3-4-29(37)33-14-18-5-7-22-24(10-18)42-15-40-22/h5-8,10-13,28H,2-4,9,14-17H2,1H3,(H,33,37)(H,34,38)/t28-/m0/s1. The van der Waals surface area contributed by atoms with Gasteiger partial charge < -0.3 is 39.1 Å². The fourth-order valence-electron chi connectivity index (χ4n) is 5.26. The van der Waals surface area contributed by atoms with Crippen LogP contribution in [0.5, 0.6) is 34.5 Å². The van der Waals surface area contributed by atoms with Crippen molar-refractivity contribution < 1.29 is 38.0 Å². The van der Waals surface area contributed by atoms with Gasteiger partial charge in [0.2, 0.25) is 32.2 Å². The fraction of sp³-hybridized carbons (Fsp3) is 0.312. The van der Waals surface area contributed by atoms with Crippen LogP contribution in [0.15, 0.2) is 58.5 Å². The smallest absolute Gasteiger partial charge is 0.262 e. The number of anilines is 1. The molecule has 13 nitrogen and oxygen atoms in total. The second kappa shape index (κ2) is 12.7. The van der Waals surface area contributed by atoms with Crippen LogP contribution < -0.4 is 44.6 Å². The molecule has 0 fully saturated rings. The Bertz CT molecular complexity index is 1900. The summed E-state index contributed by atoms with van der Waals surface area (Å²) in [7, 11) is 0. The number of ether oxygens (including phenoxy) is 6. The number of nitrogens with one attached hydrogen (secondary N) is 2. The van der Waals surface area contributed by atoms with Crippen LogP contribution in [-0.2, 0) is 22.7 Å². The van der Waals surface area contributed by atoms with Gasteiger partial charge in [-0.2, -0.15) is 0 Å². The molecule has 238 valence electrons. The Hall–Kier alpha value is -5.11. The van der Waals surface area contributed by atoms with E-state index < -0.39 is 5.25 Å². The largest absolute Gasteiger partial charge is 0.454 e. The van der Waals surface area contributed by atoms with E-state index in [1.165, 1.54) is 16.3 Å². The highest BCUT2D eigenvalue weighted by atomic mass is 32.2. The number of carbonyl (C=O) groups excluding carboxylic acids is 2. The van der Waals surface area contributed by atoms with Crippen molar-refractivity contribution in [1.29, 1.82) is 0 Å².